The molecule has 0 aliphatic heterocycles. The van der Waals surface area contributed by atoms with Gasteiger partial charge in [-0.25, -0.2) is 19.4 Å². The van der Waals surface area contributed by atoms with Crippen LogP contribution in [0.25, 0.3) is 11.5 Å². The van der Waals surface area contributed by atoms with Gasteiger partial charge in [-0.15, -0.1) is 5.10 Å². The summed E-state index contributed by atoms with van der Waals surface area (Å²) in [4.78, 5) is 33.9. The predicted octanol–water partition coefficient (Wildman–Crippen LogP) is 4.08. The maximum atomic E-state index is 12.5. The van der Waals surface area contributed by atoms with Crippen LogP contribution in [0.2, 0.25) is 0 Å². The van der Waals surface area contributed by atoms with Crippen LogP contribution in [0.15, 0.2) is 6.20 Å². The summed E-state index contributed by atoms with van der Waals surface area (Å²) < 4.78 is 50.2. The maximum Gasteiger partial charge on any atom is 0.409 e. The monoisotopic (exact) mass is 540 g/mol. The smallest absolute Gasteiger partial charge is 0.409 e. The number of alkyl halides is 3. The van der Waals surface area contributed by atoms with Gasteiger partial charge in [-0.3, -0.25) is 4.79 Å². The third-order valence-electron chi connectivity index (χ3n) is 7.02. The van der Waals surface area contributed by atoms with Crippen molar-refractivity contribution < 1.29 is 37.3 Å². The lowest BCUT2D eigenvalue weighted by atomic mass is 9.74. The second-order valence-electron chi connectivity index (χ2n) is 10.3. The van der Waals surface area contributed by atoms with Gasteiger partial charge in [0.25, 0.3) is 0 Å². The minimum absolute atomic E-state index is 0.182. The van der Waals surface area contributed by atoms with E-state index in [4.69, 9.17) is 14.5 Å². The molecule has 11 nitrogen and oxygen atoms in total. The number of nitrogens with zero attached hydrogens (tertiary/aromatic N) is 6. The van der Waals surface area contributed by atoms with Gasteiger partial charge < -0.3 is 19.5 Å². The van der Waals surface area contributed by atoms with Crippen LogP contribution in [0.4, 0.5) is 18.0 Å². The van der Waals surface area contributed by atoms with E-state index in [0.29, 0.717) is 30.0 Å². The van der Waals surface area contributed by atoms with Crippen LogP contribution in [-0.4, -0.2) is 72.9 Å². The highest BCUT2D eigenvalue weighted by Crippen LogP contribution is 2.45. The fourth-order valence-corrected chi connectivity index (χ4v) is 4.48. The minimum atomic E-state index is -4.38. The highest BCUT2D eigenvalue weighted by molar-refractivity contribution is 5.74. The van der Waals surface area contributed by atoms with Crippen LogP contribution in [-0.2, 0) is 23.2 Å². The fourth-order valence-electron chi connectivity index (χ4n) is 4.48. The Balaban J connectivity index is 1.48. The van der Waals surface area contributed by atoms with Gasteiger partial charge >= 0.3 is 18.2 Å². The molecule has 0 unspecified atom stereocenters. The molecule has 1 N–H and O–H groups in total. The van der Waals surface area contributed by atoms with E-state index >= 15 is 0 Å². The molecule has 0 spiro atoms. The number of rotatable bonds is 9. The summed E-state index contributed by atoms with van der Waals surface area (Å²) in [5.74, 6) is 0.116. The van der Waals surface area contributed by atoms with Crippen LogP contribution in [0.3, 0.4) is 0 Å². The van der Waals surface area contributed by atoms with Gasteiger partial charge in [0.15, 0.2) is 17.3 Å². The Morgan fingerprint density at radius 2 is 2.03 bits per heavy atom. The average molecular weight is 541 g/mol. The highest BCUT2D eigenvalue weighted by atomic mass is 19.4. The van der Waals surface area contributed by atoms with Crippen LogP contribution in [0, 0.1) is 5.41 Å². The standard InChI is InChI=1S/C24H31F3N6O5/c1-23(21(34)35)8-4-5-15(11-23)38-17-12-28-20(29-18(17)14-6-7-14)19-16(33(3)31-30-19)13-37-22(36)32(2)10-9-24(25,26)27/h12,14-15H,4-11,13H2,1-3H3,(H,34,35)/t15-,23-/m0/s1. The number of hydrogen-bond donors (Lipinski definition) is 1. The quantitative estimate of drug-likeness (QED) is 0.499. The Morgan fingerprint density at radius 3 is 2.68 bits per heavy atom. The first-order valence-corrected chi connectivity index (χ1v) is 12.5. The Bertz CT molecular complexity index is 1180. The minimum Gasteiger partial charge on any atom is -0.487 e. The van der Waals surface area contributed by atoms with Crippen molar-refractivity contribution in [3.05, 3.63) is 17.6 Å². The summed E-state index contributed by atoms with van der Waals surface area (Å²) in [5.41, 5.74) is 0.527. The summed E-state index contributed by atoms with van der Waals surface area (Å²) in [6.45, 7) is 0.924. The molecule has 1 amide bonds. The molecular weight excluding hydrogens is 509 g/mol. The number of carboxylic acid groups (broad SMARTS) is 1. The molecule has 14 heteroatoms. The van der Waals surface area contributed by atoms with Crippen molar-refractivity contribution in [3.63, 3.8) is 0 Å². The molecule has 0 aromatic carbocycles. The van der Waals surface area contributed by atoms with Crippen molar-refractivity contribution in [1.82, 2.24) is 29.9 Å². The van der Waals surface area contributed by atoms with E-state index in [1.165, 1.54) is 11.7 Å². The number of ether oxygens (including phenoxy) is 2. The maximum absolute atomic E-state index is 12.5. The number of carbonyl (C=O) groups is 2. The first-order valence-electron chi connectivity index (χ1n) is 12.5. The van der Waals surface area contributed by atoms with Crippen LogP contribution < -0.4 is 4.74 Å². The number of carbonyl (C=O) groups excluding carboxylic acids is 1. The molecule has 2 aromatic heterocycles. The van der Waals surface area contributed by atoms with Gasteiger partial charge in [-0.1, -0.05) is 5.21 Å². The van der Waals surface area contributed by atoms with Gasteiger partial charge in [0.2, 0.25) is 0 Å². The number of hydrogen-bond acceptors (Lipinski definition) is 8. The van der Waals surface area contributed by atoms with Crippen LogP contribution >= 0.6 is 0 Å². The van der Waals surface area contributed by atoms with Gasteiger partial charge in [0, 0.05) is 33.0 Å². The Kier molecular flexibility index (Phi) is 7.79. The summed E-state index contributed by atoms with van der Waals surface area (Å²) in [5, 5.41) is 17.7. The van der Waals surface area contributed by atoms with E-state index < -0.39 is 36.6 Å². The van der Waals surface area contributed by atoms with E-state index in [1.807, 2.05) is 0 Å². The van der Waals surface area contributed by atoms with E-state index in [1.54, 1.807) is 20.2 Å². The van der Waals surface area contributed by atoms with Crippen LogP contribution in [0.5, 0.6) is 5.75 Å². The molecule has 2 atom stereocenters. The van der Waals surface area contributed by atoms with E-state index in [9.17, 15) is 27.9 Å². The topological polar surface area (TPSA) is 133 Å². The van der Waals surface area contributed by atoms with Crippen LogP contribution in [0.1, 0.15) is 69.2 Å². The molecular formula is C24H31F3N6O5. The lowest BCUT2D eigenvalue weighted by molar-refractivity contribution is -0.151. The normalized spacial score (nSPS) is 21.7. The van der Waals surface area contributed by atoms with Gasteiger partial charge in [-0.05, 0) is 39.0 Å². The molecule has 2 fully saturated rings. The second-order valence-corrected chi connectivity index (χ2v) is 10.3. The summed E-state index contributed by atoms with van der Waals surface area (Å²) in [6, 6.07) is 0. The number of carboxylic acids is 1. The molecule has 2 aliphatic rings. The van der Waals surface area contributed by atoms with Crippen molar-refractivity contribution in [3.8, 4) is 17.3 Å². The van der Waals surface area contributed by atoms with Gasteiger partial charge in [-0.2, -0.15) is 13.2 Å². The molecule has 4 rings (SSSR count). The number of aromatic nitrogens is 5. The Morgan fingerprint density at radius 1 is 1.29 bits per heavy atom. The van der Waals surface area contributed by atoms with Crippen molar-refractivity contribution in [2.75, 3.05) is 13.6 Å². The molecule has 2 saturated carbocycles. The number of aliphatic carboxylic acids is 1. The molecule has 0 radical (unpaired) electrons. The van der Waals surface area contributed by atoms with Crippen molar-refractivity contribution in [1.29, 1.82) is 0 Å². The number of aryl methyl sites for hydroxylation is 1. The number of halogens is 3. The molecule has 2 heterocycles. The predicted molar refractivity (Wildman–Crippen MR) is 126 cm³/mol. The van der Waals surface area contributed by atoms with Crippen molar-refractivity contribution >= 4 is 12.1 Å². The highest BCUT2D eigenvalue weighted by Gasteiger charge is 2.40. The lowest BCUT2D eigenvalue weighted by Gasteiger charge is -2.34. The van der Waals surface area contributed by atoms with Gasteiger partial charge in [0.05, 0.1) is 29.8 Å². The fraction of sp³-hybridized carbons (Fsp3) is 0.667. The molecule has 2 aromatic rings. The number of amides is 1. The summed E-state index contributed by atoms with van der Waals surface area (Å²) in [7, 11) is 2.82. The molecule has 0 saturated heterocycles. The van der Waals surface area contributed by atoms with Crippen molar-refractivity contribution in [2.24, 2.45) is 12.5 Å². The van der Waals surface area contributed by atoms with E-state index in [-0.39, 0.29) is 30.1 Å². The third kappa shape index (κ3) is 6.51. The van der Waals surface area contributed by atoms with E-state index in [0.717, 1.165) is 30.6 Å². The van der Waals surface area contributed by atoms with Crippen molar-refractivity contribution in [2.45, 2.75) is 76.7 Å². The SMILES string of the molecule is CN(CCC(F)(F)F)C(=O)OCc1c(-c2ncc(O[C@H]3CCC[C@](C)(C(=O)O)C3)c(C3CC3)n2)nnn1C. The molecule has 2 aliphatic carbocycles. The molecule has 0 bridgehead atoms. The zero-order chi connectivity index (χ0) is 27.7. The largest absolute Gasteiger partial charge is 0.487 e. The third-order valence-corrected chi connectivity index (χ3v) is 7.02. The summed E-state index contributed by atoms with van der Waals surface area (Å²) >= 11 is 0. The Hall–Kier alpha value is -3.45. The average Bonchev–Trinajstić information content (AvgIpc) is 3.63. The Labute approximate surface area is 217 Å². The van der Waals surface area contributed by atoms with Gasteiger partial charge in [0.1, 0.15) is 12.3 Å². The first-order chi connectivity index (χ1) is 17.9. The zero-order valence-corrected chi connectivity index (χ0v) is 21.5. The van der Waals surface area contributed by atoms with E-state index in [2.05, 4.69) is 15.3 Å². The first kappa shape index (κ1) is 27.6. The summed E-state index contributed by atoms with van der Waals surface area (Å²) in [6.07, 6.45) is -0.798. The second kappa shape index (κ2) is 10.7. The molecule has 38 heavy (non-hydrogen) atoms. The lowest BCUT2D eigenvalue weighted by Crippen LogP contribution is -2.38. The zero-order valence-electron chi connectivity index (χ0n) is 21.5. The molecule has 208 valence electrons.